The monoisotopic (exact) mass is 170 g/mol. The highest BCUT2D eigenvalue weighted by Gasteiger charge is 2.18. The molecule has 1 fully saturated rings. The van der Waals surface area contributed by atoms with E-state index < -0.39 is 0 Å². The summed E-state index contributed by atoms with van der Waals surface area (Å²) in [6.45, 7) is 1.69. The van der Waals surface area contributed by atoms with Crippen molar-refractivity contribution in [3.8, 4) is 0 Å². The standard InChI is InChI=1S/C7H10N2OS/c11-7-8-3-6(9-7)5-1-2-10-4-5/h3,5H,1-2,4H2,(H2,8,9,11). The second kappa shape index (κ2) is 2.79. The van der Waals surface area contributed by atoms with Crippen LogP contribution in [-0.4, -0.2) is 23.2 Å². The van der Waals surface area contributed by atoms with E-state index in [4.69, 9.17) is 17.0 Å². The Hall–Kier alpha value is -0.610. The second-order valence-corrected chi connectivity index (χ2v) is 3.17. The Balaban J connectivity index is 2.21. The first-order chi connectivity index (χ1) is 5.36. The summed E-state index contributed by atoms with van der Waals surface area (Å²) in [5.41, 5.74) is 1.17. The minimum absolute atomic E-state index is 0.517. The van der Waals surface area contributed by atoms with Gasteiger partial charge in [-0.05, 0) is 18.6 Å². The summed E-state index contributed by atoms with van der Waals surface area (Å²) in [5, 5.41) is 0. The zero-order chi connectivity index (χ0) is 7.68. The molecule has 0 saturated carbocycles. The number of hydrogen-bond acceptors (Lipinski definition) is 2. The zero-order valence-electron chi connectivity index (χ0n) is 6.09. The molecule has 0 aromatic carbocycles. The van der Waals surface area contributed by atoms with E-state index in [-0.39, 0.29) is 0 Å². The fraction of sp³-hybridized carbons (Fsp3) is 0.571. The zero-order valence-corrected chi connectivity index (χ0v) is 6.91. The molecule has 0 radical (unpaired) electrons. The number of aromatic nitrogens is 2. The van der Waals surface area contributed by atoms with Crippen molar-refractivity contribution >= 4 is 12.2 Å². The van der Waals surface area contributed by atoms with Gasteiger partial charge in [-0.2, -0.15) is 0 Å². The minimum atomic E-state index is 0.517. The maximum absolute atomic E-state index is 5.25. The molecule has 3 nitrogen and oxygen atoms in total. The minimum Gasteiger partial charge on any atom is -0.381 e. The average Bonchev–Trinajstić information content (AvgIpc) is 2.55. The van der Waals surface area contributed by atoms with Crippen LogP contribution in [0, 0.1) is 4.77 Å². The van der Waals surface area contributed by atoms with Gasteiger partial charge in [-0.3, -0.25) is 0 Å². The molecule has 0 amide bonds. The molecule has 1 aliphatic heterocycles. The van der Waals surface area contributed by atoms with Gasteiger partial charge in [0.05, 0.1) is 6.61 Å². The van der Waals surface area contributed by atoms with E-state index in [0.29, 0.717) is 10.7 Å². The average molecular weight is 170 g/mol. The van der Waals surface area contributed by atoms with Crippen molar-refractivity contribution in [1.82, 2.24) is 9.97 Å². The lowest BCUT2D eigenvalue weighted by Crippen LogP contribution is -1.96. The predicted octanol–water partition coefficient (Wildman–Crippen LogP) is 1.58. The number of nitrogens with one attached hydrogen (secondary N) is 2. The molecule has 11 heavy (non-hydrogen) atoms. The molecule has 1 aromatic rings. The lowest BCUT2D eigenvalue weighted by atomic mass is 10.1. The van der Waals surface area contributed by atoms with Crippen LogP contribution in [0.25, 0.3) is 0 Å². The largest absolute Gasteiger partial charge is 0.381 e. The van der Waals surface area contributed by atoms with Crippen molar-refractivity contribution in [2.24, 2.45) is 0 Å². The van der Waals surface area contributed by atoms with Gasteiger partial charge in [-0.1, -0.05) is 0 Å². The van der Waals surface area contributed by atoms with Gasteiger partial charge in [-0.25, -0.2) is 0 Å². The van der Waals surface area contributed by atoms with E-state index in [1.54, 1.807) is 0 Å². The van der Waals surface area contributed by atoms with Crippen LogP contribution in [0.15, 0.2) is 6.20 Å². The van der Waals surface area contributed by atoms with Gasteiger partial charge in [0, 0.05) is 24.4 Å². The van der Waals surface area contributed by atoms with Gasteiger partial charge in [0.1, 0.15) is 0 Å². The Kier molecular flexibility index (Phi) is 1.79. The first-order valence-corrected chi connectivity index (χ1v) is 4.12. The van der Waals surface area contributed by atoms with Crippen molar-refractivity contribution in [2.75, 3.05) is 13.2 Å². The summed E-state index contributed by atoms with van der Waals surface area (Å²) in [4.78, 5) is 6.05. The highest BCUT2D eigenvalue weighted by Crippen LogP contribution is 2.22. The van der Waals surface area contributed by atoms with Crippen molar-refractivity contribution in [2.45, 2.75) is 12.3 Å². The van der Waals surface area contributed by atoms with Crippen molar-refractivity contribution in [3.05, 3.63) is 16.7 Å². The van der Waals surface area contributed by atoms with Crippen LogP contribution in [0.5, 0.6) is 0 Å². The van der Waals surface area contributed by atoms with Crippen LogP contribution >= 0.6 is 12.2 Å². The third kappa shape index (κ3) is 1.36. The van der Waals surface area contributed by atoms with Crippen molar-refractivity contribution < 1.29 is 4.74 Å². The highest BCUT2D eigenvalue weighted by atomic mass is 32.1. The van der Waals surface area contributed by atoms with Crippen molar-refractivity contribution in [3.63, 3.8) is 0 Å². The molecule has 60 valence electrons. The second-order valence-electron chi connectivity index (χ2n) is 2.76. The van der Waals surface area contributed by atoms with E-state index in [1.807, 2.05) is 6.20 Å². The molecule has 0 bridgehead atoms. The molecule has 1 aliphatic rings. The summed E-state index contributed by atoms with van der Waals surface area (Å²) >= 11 is 4.92. The fourth-order valence-corrected chi connectivity index (χ4v) is 1.52. The molecule has 0 spiro atoms. The fourth-order valence-electron chi connectivity index (χ4n) is 1.35. The van der Waals surface area contributed by atoms with Gasteiger partial charge in [0.15, 0.2) is 4.77 Å². The van der Waals surface area contributed by atoms with Crippen LogP contribution < -0.4 is 0 Å². The normalized spacial score (nSPS) is 24.2. The van der Waals surface area contributed by atoms with Crippen LogP contribution in [0.4, 0.5) is 0 Å². The smallest absolute Gasteiger partial charge is 0.174 e. The molecule has 2 N–H and O–H groups in total. The molecule has 1 unspecified atom stereocenters. The van der Waals surface area contributed by atoms with Gasteiger partial charge in [0.2, 0.25) is 0 Å². The Bertz CT molecular complexity index is 285. The quantitative estimate of drug-likeness (QED) is 0.628. The van der Waals surface area contributed by atoms with Crippen molar-refractivity contribution in [1.29, 1.82) is 0 Å². The van der Waals surface area contributed by atoms with Crippen LogP contribution in [0.3, 0.4) is 0 Å². The third-order valence-electron chi connectivity index (χ3n) is 1.99. The first-order valence-electron chi connectivity index (χ1n) is 3.71. The molecule has 2 rings (SSSR count). The number of imidazole rings is 1. The summed E-state index contributed by atoms with van der Waals surface area (Å²) in [6, 6.07) is 0. The highest BCUT2D eigenvalue weighted by molar-refractivity contribution is 7.71. The molecule has 1 atom stereocenters. The Labute approximate surface area is 69.8 Å². The molecular formula is C7H10N2OS. The summed E-state index contributed by atoms with van der Waals surface area (Å²) < 4.78 is 5.95. The van der Waals surface area contributed by atoms with E-state index in [2.05, 4.69) is 9.97 Å². The Morgan fingerprint density at radius 2 is 2.55 bits per heavy atom. The topological polar surface area (TPSA) is 40.8 Å². The van der Waals surface area contributed by atoms with E-state index in [1.165, 1.54) is 5.69 Å². The van der Waals surface area contributed by atoms with E-state index >= 15 is 0 Å². The number of H-pyrrole nitrogens is 2. The summed E-state index contributed by atoms with van der Waals surface area (Å²) in [7, 11) is 0. The lowest BCUT2D eigenvalue weighted by Gasteiger charge is -2.01. The molecular weight excluding hydrogens is 160 g/mol. The summed E-state index contributed by atoms with van der Waals surface area (Å²) in [5.74, 6) is 0.517. The van der Waals surface area contributed by atoms with Crippen LogP contribution in [0.2, 0.25) is 0 Å². The Morgan fingerprint density at radius 1 is 1.64 bits per heavy atom. The van der Waals surface area contributed by atoms with E-state index in [0.717, 1.165) is 19.6 Å². The number of hydrogen-bond donors (Lipinski definition) is 2. The van der Waals surface area contributed by atoms with E-state index in [9.17, 15) is 0 Å². The lowest BCUT2D eigenvalue weighted by molar-refractivity contribution is 0.193. The van der Waals surface area contributed by atoms with Gasteiger partial charge < -0.3 is 14.7 Å². The number of rotatable bonds is 1. The molecule has 0 aliphatic carbocycles. The maximum Gasteiger partial charge on any atom is 0.174 e. The predicted molar refractivity (Wildman–Crippen MR) is 44.2 cm³/mol. The van der Waals surface area contributed by atoms with Gasteiger partial charge in [-0.15, -0.1) is 0 Å². The molecule has 4 heteroatoms. The maximum atomic E-state index is 5.25. The van der Waals surface area contributed by atoms with Gasteiger partial charge in [0.25, 0.3) is 0 Å². The Morgan fingerprint density at radius 3 is 3.09 bits per heavy atom. The molecule has 1 saturated heterocycles. The number of aromatic amines is 2. The third-order valence-corrected chi connectivity index (χ3v) is 2.21. The molecule has 1 aromatic heterocycles. The van der Waals surface area contributed by atoms with Crippen LogP contribution in [-0.2, 0) is 4.74 Å². The molecule has 2 heterocycles. The number of ether oxygens (including phenoxy) is 1. The summed E-state index contributed by atoms with van der Waals surface area (Å²) in [6.07, 6.45) is 3.03. The first kappa shape index (κ1) is 7.06. The van der Waals surface area contributed by atoms with Crippen LogP contribution in [0.1, 0.15) is 18.0 Å². The van der Waals surface area contributed by atoms with Gasteiger partial charge >= 0.3 is 0 Å². The SMILES string of the molecule is S=c1[nH]cc(C2CCOC2)[nH]1.